The number of hydrogen-bond acceptors (Lipinski definition) is 5. The first-order valence-electron chi connectivity index (χ1n) is 9.64. The number of hydrogen-bond donors (Lipinski definition) is 1. The van der Waals surface area contributed by atoms with Gasteiger partial charge in [-0.2, -0.15) is 0 Å². The second-order valence-corrected chi connectivity index (χ2v) is 9.27. The smallest absolute Gasteiger partial charge is 0.245 e. The Balaban J connectivity index is 1.71. The normalized spacial score (nSPS) is 11.0. The zero-order valence-electron chi connectivity index (χ0n) is 17.6. The molecule has 0 heterocycles. The van der Waals surface area contributed by atoms with E-state index in [0.717, 1.165) is 16.1 Å². The van der Waals surface area contributed by atoms with Crippen molar-refractivity contribution in [2.24, 2.45) is 0 Å². The lowest BCUT2D eigenvalue weighted by Gasteiger charge is -2.22. The first-order valence-corrected chi connectivity index (χ1v) is 11.9. The van der Waals surface area contributed by atoms with Crippen molar-refractivity contribution in [3.05, 3.63) is 83.4 Å². The molecular weight excluding hydrogens is 452 g/mol. The lowest BCUT2D eigenvalue weighted by atomic mass is 10.2. The van der Waals surface area contributed by atoms with Crippen LogP contribution in [0, 0.1) is 0 Å². The number of halogens is 1. The highest BCUT2D eigenvalue weighted by Crippen LogP contribution is 2.28. The number of nitrogens with zero attached hydrogens (tertiary/aromatic N) is 1. The third-order valence-corrected chi connectivity index (χ3v) is 5.87. The molecule has 3 rings (SSSR count). The minimum Gasteiger partial charge on any atom is -0.495 e. The number of benzene rings is 3. The number of carbonyl (C=O) groups is 1. The van der Waals surface area contributed by atoms with E-state index in [1.807, 2.05) is 30.3 Å². The molecule has 0 aromatic heterocycles. The van der Waals surface area contributed by atoms with Crippen molar-refractivity contribution in [2.75, 3.05) is 29.5 Å². The van der Waals surface area contributed by atoms with Crippen molar-refractivity contribution in [3.63, 3.8) is 0 Å². The lowest BCUT2D eigenvalue weighted by Crippen LogP contribution is -2.37. The monoisotopic (exact) mass is 474 g/mol. The van der Waals surface area contributed by atoms with Crippen molar-refractivity contribution >= 4 is 38.9 Å². The van der Waals surface area contributed by atoms with Gasteiger partial charge in [-0.15, -0.1) is 0 Å². The molecule has 3 aromatic rings. The summed E-state index contributed by atoms with van der Waals surface area (Å²) in [4.78, 5) is 12.6. The van der Waals surface area contributed by atoms with Gasteiger partial charge >= 0.3 is 0 Å². The van der Waals surface area contributed by atoms with Gasteiger partial charge in [0.2, 0.25) is 15.9 Å². The topological polar surface area (TPSA) is 84.9 Å². The summed E-state index contributed by atoms with van der Waals surface area (Å²) < 4.78 is 36.7. The summed E-state index contributed by atoms with van der Waals surface area (Å²) in [5.74, 6) is 0.452. The molecule has 0 bridgehead atoms. The molecule has 3 aromatic carbocycles. The number of anilines is 2. The van der Waals surface area contributed by atoms with Gasteiger partial charge in [-0.25, -0.2) is 8.42 Å². The average Bonchev–Trinajstić information content (AvgIpc) is 2.77. The number of rotatable bonds is 9. The maximum absolute atomic E-state index is 12.6. The van der Waals surface area contributed by atoms with Crippen LogP contribution in [0.5, 0.6) is 11.5 Å². The standard InChI is InChI=1S/C23H23ClN2O5S/c1-30-22-13-8-18(24)14-21(22)25-23(27)15-26(32(2,28)29)19-9-11-20(12-10-19)31-16-17-6-4-3-5-7-17/h3-14H,15-16H2,1-2H3,(H,25,27). The van der Waals surface area contributed by atoms with Crippen molar-refractivity contribution in [1.29, 1.82) is 0 Å². The van der Waals surface area contributed by atoms with Crippen molar-refractivity contribution in [2.45, 2.75) is 6.61 Å². The Hall–Kier alpha value is -3.23. The van der Waals surface area contributed by atoms with Gasteiger partial charge in [0.25, 0.3) is 0 Å². The quantitative estimate of drug-likeness (QED) is 0.499. The highest BCUT2D eigenvalue weighted by molar-refractivity contribution is 7.92. The molecule has 0 aliphatic rings. The summed E-state index contributed by atoms with van der Waals surface area (Å²) >= 11 is 5.99. The fourth-order valence-corrected chi connectivity index (χ4v) is 3.98. The van der Waals surface area contributed by atoms with E-state index in [4.69, 9.17) is 21.1 Å². The van der Waals surface area contributed by atoms with Gasteiger partial charge < -0.3 is 14.8 Å². The van der Waals surface area contributed by atoms with Gasteiger partial charge in [0.05, 0.1) is 24.7 Å². The minimum absolute atomic E-state index is 0.341. The van der Waals surface area contributed by atoms with Crippen molar-refractivity contribution in [1.82, 2.24) is 0 Å². The molecule has 0 saturated heterocycles. The fraction of sp³-hybridized carbons (Fsp3) is 0.174. The Labute approximate surface area is 192 Å². The first kappa shape index (κ1) is 23.4. The fourth-order valence-electron chi connectivity index (χ4n) is 2.95. The van der Waals surface area contributed by atoms with Gasteiger partial charge in [0, 0.05) is 5.02 Å². The SMILES string of the molecule is COc1ccc(Cl)cc1NC(=O)CN(c1ccc(OCc2ccccc2)cc1)S(C)(=O)=O. The third kappa shape index (κ3) is 6.38. The van der Waals surface area contributed by atoms with Crippen LogP contribution < -0.4 is 19.1 Å². The largest absolute Gasteiger partial charge is 0.495 e. The highest BCUT2D eigenvalue weighted by Gasteiger charge is 2.21. The predicted octanol–water partition coefficient (Wildman–Crippen LogP) is 4.33. The van der Waals surface area contributed by atoms with E-state index in [1.165, 1.54) is 13.2 Å². The Morgan fingerprint density at radius 1 is 1.03 bits per heavy atom. The molecule has 0 aliphatic heterocycles. The van der Waals surface area contributed by atoms with Crippen LogP contribution in [0.3, 0.4) is 0 Å². The summed E-state index contributed by atoms with van der Waals surface area (Å²) in [6, 6.07) is 21.0. The van der Waals surface area contributed by atoms with Crippen molar-refractivity contribution in [3.8, 4) is 11.5 Å². The Kier molecular flexibility index (Phi) is 7.61. The lowest BCUT2D eigenvalue weighted by molar-refractivity contribution is -0.114. The molecule has 0 unspecified atom stereocenters. The second-order valence-electron chi connectivity index (χ2n) is 6.93. The van der Waals surface area contributed by atoms with E-state index in [2.05, 4.69) is 5.32 Å². The maximum Gasteiger partial charge on any atom is 0.245 e. The Bertz CT molecular complexity index is 1170. The number of methoxy groups -OCH3 is 1. The number of nitrogens with one attached hydrogen (secondary N) is 1. The zero-order valence-corrected chi connectivity index (χ0v) is 19.2. The molecule has 0 saturated carbocycles. The van der Waals surface area contributed by atoms with Crippen molar-refractivity contribution < 1.29 is 22.7 Å². The van der Waals surface area contributed by atoms with Gasteiger partial charge in [-0.1, -0.05) is 41.9 Å². The molecule has 7 nitrogen and oxygen atoms in total. The van der Waals surface area contributed by atoms with E-state index in [1.54, 1.807) is 36.4 Å². The van der Waals surface area contributed by atoms with Crippen LogP contribution in [-0.2, 0) is 21.4 Å². The van der Waals surface area contributed by atoms with Gasteiger partial charge in [-0.05, 0) is 48.0 Å². The van der Waals surface area contributed by atoms with E-state index < -0.39 is 22.5 Å². The predicted molar refractivity (Wildman–Crippen MR) is 126 cm³/mol. The van der Waals surface area contributed by atoms with E-state index >= 15 is 0 Å². The van der Waals surface area contributed by atoms with Gasteiger partial charge in [-0.3, -0.25) is 9.10 Å². The van der Waals surface area contributed by atoms with E-state index in [9.17, 15) is 13.2 Å². The number of ether oxygens (including phenoxy) is 2. The average molecular weight is 475 g/mol. The van der Waals surface area contributed by atoms with Crippen LogP contribution in [0.15, 0.2) is 72.8 Å². The molecule has 0 atom stereocenters. The molecule has 1 N–H and O–H groups in total. The van der Waals surface area contributed by atoms with Crippen LogP contribution in [0.4, 0.5) is 11.4 Å². The molecule has 9 heteroatoms. The highest BCUT2D eigenvalue weighted by atomic mass is 35.5. The Morgan fingerprint density at radius 2 is 1.72 bits per heavy atom. The molecule has 32 heavy (non-hydrogen) atoms. The number of amides is 1. The molecule has 0 spiro atoms. The molecule has 0 aliphatic carbocycles. The van der Waals surface area contributed by atoms with Crippen LogP contribution in [0.1, 0.15) is 5.56 Å². The summed E-state index contributed by atoms with van der Waals surface area (Å²) in [7, 11) is -2.26. The molecule has 168 valence electrons. The number of sulfonamides is 1. The maximum atomic E-state index is 12.6. The first-order chi connectivity index (χ1) is 15.3. The molecule has 0 radical (unpaired) electrons. The van der Waals surface area contributed by atoms with Crippen LogP contribution in [-0.4, -0.2) is 34.2 Å². The van der Waals surface area contributed by atoms with Gasteiger partial charge in [0.1, 0.15) is 24.7 Å². The summed E-state index contributed by atoms with van der Waals surface area (Å²) in [5, 5.41) is 3.05. The second kappa shape index (κ2) is 10.4. The summed E-state index contributed by atoms with van der Waals surface area (Å²) in [6.07, 6.45) is 1.04. The summed E-state index contributed by atoms with van der Waals surface area (Å²) in [6.45, 7) is -0.0292. The molecular formula is C23H23ClN2O5S. The van der Waals surface area contributed by atoms with Crippen LogP contribution in [0.2, 0.25) is 5.02 Å². The Morgan fingerprint density at radius 3 is 2.34 bits per heavy atom. The number of carbonyl (C=O) groups excluding carboxylic acids is 1. The zero-order chi connectivity index (χ0) is 23.1. The summed E-state index contributed by atoms with van der Waals surface area (Å²) in [5.41, 5.74) is 1.71. The van der Waals surface area contributed by atoms with E-state index in [-0.39, 0.29) is 0 Å². The van der Waals surface area contributed by atoms with Gasteiger partial charge in [0.15, 0.2) is 0 Å². The molecule has 1 amide bonds. The third-order valence-electron chi connectivity index (χ3n) is 4.50. The van der Waals surface area contributed by atoms with Crippen LogP contribution >= 0.6 is 11.6 Å². The molecule has 0 fully saturated rings. The van der Waals surface area contributed by atoms with E-state index in [0.29, 0.717) is 34.5 Å². The van der Waals surface area contributed by atoms with Crippen LogP contribution in [0.25, 0.3) is 0 Å². The minimum atomic E-state index is -3.72.